The average Bonchev–Trinajstić information content (AvgIpc) is 3.10. The fourth-order valence-electron chi connectivity index (χ4n) is 3.89. The molecule has 26 heavy (non-hydrogen) atoms. The van der Waals surface area contributed by atoms with E-state index in [4.69, 9.17) is 0 Å². The molecular formula is C23H25N3. The van der Waals surface area contributed by atoms with E-state index in [0.717, 1.165) is 32.5 Å². The number of nitrogens with zero attached hydrogens (tertiary/aromatic N) is 3. The summed E-state index contributed by atoms with van der Waals surface area (Å²) in [6.07, 6.45) is 7.99. The molecule has 1 aromatic heterocycles. The number of hydrogen-bond donors (Lipinski definition) is 0. The van der Waals surface area contributed by atoms with Crippen LogP contribution in [0, 0.1) is 0 Å². The van der Waals surface area contributed by atoms with Crippen LogP contribution in [0.2, 0.25) is 0 Å². The van der Waals surface area contributed by atoms with Crippen LogP contribution >= 0.6 is 0 Å². The van der Waals surface area contributed by atoms with Crippen molar-refractivity contribution >= 4 is 0 Å². The van der Waals surface area contributed by atoms with Crippen molar-refractivity contribution in [3.8, 4) is 0 Å². The Balaban J connectivity index is 1.54. The van der Waals surface area contributed by atoms with Gasteiger partial charge in [-0.05, 0) is 23.1 Å². The van der Waals surface area contributed by atoms with Crippen LogP contribution in [0.5, 0.6) is 0 Å². The standard InChI is InChI=1S/C23H25N3/c1-2-12-25-16-21-11-7-6-10-20(21)14-23(25)17-26-18-24-15-22(26)13-19-8-4-3-5-9-19/h2-11,15,18,23H,1,12-14,16-17H2. The highest BCUT2D eigenvalue weighted by molar-refractivity contribution is 5.30. The summed E-state index contributed by atoms with van der Waals surface area (Å²) in [5.74, 6) is 0. The van der Waals surface area contributed by atoms with Crippen molar-refractivity contribution in [3.05, 3.63) is 102 Å². The minimum Gasteiger partial charge on any atom is -0.333 e. The zero-order chi connectivity index (χ0) is 17.8. The highest BCUT2D eigenvalue weighted by Gasteiger charge is 2.25. The molecule has 0 amide bonds. The number of hydrogen-bond acceptors (Lipinski definition) is 2. The zero-order valence-corrected chi connectivity index (χ0v) is 15.1. The molecule has 132 valence electrons. The number of imidazole rings is 1. The molecule has 0 aliphatic carbocycles. The molecule has 0 saturated carbocycles. The van der Waals surface area contributed by atoms with E-state index >= 15 is 0 Å². The minimum atomic E-state index is 0.464. The first-order chi connectivity index (χ1) is 12.8. The summed E-state index contributed by atoms with van der Waals surface area (Å²) in [5, 5.41) is 0. The predicted molar refractivity (Wildman–Crippen MR) is 106 cm³/mol. The topological polar surface area (TPSA) is 21.1 Å². The van der Waals surface area contributed by atoms with Crippen LogP contribution in [0.3, 0.4) is 0 Å². The average molecular weight is 343 g/mol. The Labute approximate surface area is 155 Å². The third-order valence-electron chi connectivity index (χ3n) is 5.26. The third kappa shape index (κ3) is 3.63. The summed E-state index contributed by atoms with van der Waals surface area (Å²) < 4.78 is 2.32. The highest BCUT2D eigenvalue weighted by Crippen LogP contribution is 2.24. The molecule has 1 aliphatic rings. The van der Waals surface area contributed by atoms with Crippen LogP contribution in [0.4, 0.5) is 0 Å². The first kappa shape index (κ1) is 16.8. The quantitative estimate of drug-likeness (QED) is 0.629. The van der Waals surface area contributed by atoms with Gasteiger partial charge in [0.05, 0.1) is 6.33 Å². The summed E-state index contributed by atoms with van der Waals surface area (Å²) in [7, 11) is 0. The minimum absolute atomic E-state index is 0.464. The van der Waals surface area contributed by atoms with E-state index in [1.165, 1.54) is 22.4 Å². The molecule has 2 heterocycles. The van der Waals surface area contributed by atoms with Crippen molar-refractivity contribution in [2.45, 2.75) is 32.0 Å². The van der Waals surface area contributed by atoms with Crippen LogP contribution in [-0.4, -0.2) is 27.0 Å². The van der Waals surface area contributed by atoms with Gasteiger partial charge in [0.25, 0.3) is 0 Å². The highest BCUT2D eigenvalue weighted by atomic mass is 15.2. The van der Waals surface area contributed by atoms with Crippen LogP contribution < -0.4 is 0 Å². The lowest BCUT2D eigenvalue weighted by atomic mass is 9.93. The maximum atomic E-state index is 4.42. The Bertz CT molecular complexity index is 866. The molecule has 0 saturated heterocycles. The van der Waals surface area contributed by atoms with E-state index in [1.54, 1.807) is 0 Å². The van der Waals surface area contributed by atoms with Crippen molar-refractivity contribution in [2.24, 2.45) is 0 Å². The van der Waals surface area contributed by atoms with Gasteiger partial charge in [-0.2, -0.15) is 0 Å². The van der Waals surface area contributed by atoms with E-state index in [-0.39, 0.29) is 0 Å². The Kier molecular flexibility index (Phi) is 4.98. The van der Waals surface area contributed by atoms with Crippen LogP contribution in [0.1, 0.15) is 22.4 Å². The van der Waals surface area contributed by atoms with Gasteiger partial charge in [0.1, 0.15) is 0 Å². The van der Waals surface area contributed by atoms with Gasteiger partial charge in [0.2, 0.25) is 0 Å². The van der Waals surface area contributed by atoms with Gasteiger partial charge >= 0.3 is 0 Å². The van der Waals surface area contributed by atoms with Gasteiger partial charge in [-0.15, -0.1) is 6.58 Å². The molecule has 1 unspecified atom stereocenters. The normalized spacial score (nSPS) is 17.0. The number of rotatable bonds is 6. The van der Waals surface area contributed by atoms with Crippen molar-refractivity contribution in [1.29, 1.82) is 0 Å². The molecule has 0 radical (unpaired) electrons. The second-order valence-corrected chi connectivity index (χ2v) is 7.04. The van der Waals surface area contributed by atoms with Gasteiger partial charge < -0.3 is 4.57 Å². The van der Waals surface area contributed by atoms with E-state index in [2.05, 4.69) is 75.6 Å². The molecule has 1 aliphatic heterocycles. The first-order valence-corrected chi connectivity index (χ1v) is 9.28. The second-order valence-electron chi connectivity index (χ2n) is 7.04. The van der Waals surface area contributed by atoms with Crippen molar-refractivity contribution in [1.82, 2.24) is 14.5 Å². The van der Waals surface area contributed by atoms with Crippen molar-refractivity contribution in [3.63, 3.8) is 0 Å². The maximum absolute atomic E-state index is 4.42. The number of fused-ring (bicyclic) bond motifs is 1. The molecule has 0 N–H and O–H groups in total. The van der Waals surface area contributed by atoms with Crippen LogP contribution in [0.15, 0.2) is 79.8 Å². The SMILES string of the molecule is C=CCN1Cc2ccccc2CC1Cn1cncc1Cc1ccccc1. The number of benzene rings is 2. The molecule has 3 aromatic rings. The van der Waals surface area contributed by atoms with E-state index in [0.29, 0.717) is 6.04 Å². The molecular weight excluding hydrogens is 318 g/mol. The lowest BCUT2D eigenvalue weighted by Gasteiger charge is -2.36. The smallest absolute Gasteiger partial charge is 0.0948 e. The largest absolute Gasteiger partial charge is 0.333 e. The summed E-state index contributed by atoms with van der Waals surface area (Å²) in [4.78, 5) is 6.95. The summed E-state index contributed by atoms with van der Waals surface area (Å²) in [6.45, 7) is 6.83. The molecule has 0 spiro atoms. The van der Waals surface area contributed by atoms with Crippen LogP contribution in [0.25, 0.3) is 0 Å². The van der Waals surface area contributed by atoms with E-state index < -0.39 is 0 Å². The molecule has 3 nitrogen and oxygen atoms in total. The molecule has 1 atom stereocenters. The van der Waals surface area contributed by atoms with Gasteiger partial charge in [-0.3, -0.25) is 4.90 Å². The molecule has 2 aromatic carbocycles. The second kappa shape index (κ2) is 7.71. The van der Waals surface area contributed by atoms with Crippen molar-refractivity contribution in [2.75, 3.05) is 6.54 Å². The summed E-state index contributed by atoms with van der Waals surface area (Å²) in [5.41, 5.74) is 5.52. The van der Waals surface area contributed by atoms with Gasteiger partial charge in [-0.1, -0.05) is 60.7 Å². The van der Waals surface area contributed by atoms with E-state index in [1.807, 2.05) is 18.6 Å². The molecule has 0 bridgehead atoms. The summed E-state index contributed by atoms with van der Waals surface area (Å²) >= 11 is 0. The molecule has 3 heteroatoms. The third-order valence-corrected chi connectivity index (χ3v) is 5.26. The number of aromatic nitrogens is 2. The van der Waals surface area contributed by atoms with E-state index in [9.17, 15) is 0 Å². The van der Waals surface area contributed by atoms with Gasteiger partial charge in [0, 0.05) is 44.0 Å². The fraction of sp³-hybridized carbons (Fsp3) is 0.261. The zero-order valence-electron chi connectivity index (χ0n) is 15.1. The lowest BCUT2D eigenvalue weighted by Crippen LogP contribution is -2.43. The molecule has 0 fully saturated rings. The van der Waals surface area contributed by atoms with Gasteiger partial charge in [-0.25, -0.2) is 4.98 Å². The van der Waals surface area contributed by atoms with Crippen molar-refractivity contribution < 1.29 is 0 Å². The Morgan fingerprint density at radius 2 is 1.81 bits per heavy atom. The first-order valence-electron chi connectivity index (χ1n) is 9.28. The lowest BCUT2D eigenvalue weighted by molar-refractivity contribution is 0.172. The van der Waals surface area contributed by atoms with Crippen LogP contribution in [-0.2, 0) is 25.9 Å². The Morgan fingerprint density at radius 3 is 2.62 bits per heavy atom. The fourth-order valence-corrected chi connectivity index (χ4v) is 3.89. The Hall–Kier alpha value is -2.65. The maximum Gasteiger partial charge on any atom is 0.0948 e. The summed E-state index contributed by atoms with van der Waals surface area (Å²) in [6, 6.07) is 19.9. The predicted octanol–water partition coefficient (Wildman–Crippen LogP) is 4.09. The Morgan fingerprint density at radius 1 is 1.04 bits per heavy atom. The van der Waals surface area contributed by atoms with Gasteiger partial charge in [0.15, 0.2) is 0 Å². The molecule has 4 rings (SSSR count). The monoisotopic (exact) mass is 343 g/mol.